The molecule has 17 heavy (non-hydrogen) atoms. The molecule has 4 heteroatoms. The Morgan fingerprint density at radius 3 is 3.00 bits per heavy atom. The van der Waals surface area contributed by atoms with Crippen LogP contribution in [0.5, 0.6) is 0 Å². The van der Waals surface area contributed by atoms with Gasteiger partial charge in [-0.05, 0) is 37.5 Å². The number of ether oxygens (including phenoxy) is 1. The summed E-state index contributed by atoms with van der Waals surface area (Å²) in [5, 5.41) is 12.4. The highest BCUT2D eigenvalue weighted by Crippen LogP contribution is 2.27. The maximum Gasteiger partial charge on any atom is 0.101 e. The number of nitrogens with two attached hydrogens (primary N) is 1. The molecule has 1 fully saturated rings. The molecule has 0 aliphatic heterocycles. The molecule has 0 saturated heterocycles. The minimum absolute atomic E-state index is 0.235. The van der Waals surface area contributed by atoms with Crippen LogP contribution in [0, 0.1) is 11.3 Å². The number of nitriles is 1. The van der Waals surface area contributed by atoms with Crippen LogP contribution in [0.2, 0.25) is 0 Å². The van der Waals surface area contributed by atoms with Crippen molar-refractivity contribution in [2.45, 2.75) is 31.4 Å². The average Bonchev–Trinajstić information content (AvgIpc) is 2.78. The average molecular weight is 231 g/mol. The Balaban J connectivity index is 2.16. The molecule has 0 spiro atoms. The van der Waals surface area contributed by atoms with Crippen molar-refractivity contribution in [1.29, 1.82) is 5.26 Å². The van der Waals surface area contributed by atoms with Crippen LogP contribution in [0.4, 0.5) is 11.4 Å². The zero-order valence-electron chi connectivity index (χ0n) is 9.94. The third-order valence-electron chi connectivity index (χ3n) is 3.26. The highest BCUT2D eigenvalue weighted by molar-refractivity contribution is 5.63. The number of rotatable bonds is 3. The molecular formula is C13H17N3O. The second-order valence-electron chi connectivity index (χ2n) is 4.37. The fraction of sp³-hybridized carbons (Fsp3) is 0.462. The molecule has 2 atom stereocenters. The van der Waals surface area contributed by atoms with E-state index in [9.17, 15) is 0 Å². The molecule has 1 aromatic rings. The van der Waals surface area contributed by atoms with E-state index in [0.29, 0.717) is 11.3 Å². The van der Waals surface area contributed by atoms with E-state index in [4.69, 9.17) is 15.7 Å². The van der Waals surface area contributed by atoms with Gasteiger partial charge in [0.15, 0.2) is 0 Å². The second-order valence-corrected chi connectivity index (χ2v) is 4.37. The van der Waals surface area contributed by atoms with E-state index in [-0.39, 0.29) is 12.1 Å². The topological polar surface area (TPSA) is 71.1 Å². The number of nitrogen functional groups attached to an aromatic ring is 1. The lowest BCUT2D eigenvalue weighted by Gasteiger charge is -2.21. The lowest BCUT2D eigenvalue weighted by Crippen LogP contribution is -2.30. The lowest BCUT2D eigenvalue weighted by atomic mass is 10.1. The quantitative estimate of drug-likeness (QED) is 0.782. The molecule has 0 radical (unpaired) electrons. The van der Waals surface area contributed by atoms with Gasteiger partial charge in [0, 0.05) is 12.8 Å². The van der Waals surface area contributed by atoms with Crippen molar-refractivity contribution in [1.82, 2.24) is 0 Å². The number of anilines is 2. The molecule has 0 bridgehead atoms. The van der Waals surface area contributed by atoms with Gasteiger partial charge in [0.05, 0.1) is 23.4 Å². The Kier molecular flexibility index (Phi) is 3.50. The van der Waals surface area contributed by atoms with E-state index in [1.54, 1.807) is 19.2 Å². The molecule has 90 valence electrons. The molecule has 4 nitrogen and oxygen atoms in total. The van der Waals surface area contributed by atoms with E-state index in [2.05, 4.69) is 11.4 Å². The summed E-state index contributed by atoms with van der Waals surface area (Å²) in [7, 11) is 1.73. The maximum atomic E-state index is 9.06. The monoisotopic (exact) mass is 231 g/mol. The minimum Gasteiger partial charge on any atom is -0.399 e. The zero-order chi connectivity index (χ0) is 12.3. The molecule has 1 saturated carbocycles. The number of benzene rings is 1. The SMILES string of the molecule is COC1CCCC1Nc1ccc(N)cc1C#N. The molecule has 2 unspecified atom stereocenters. The lowest BCUT2D eigenvalue weighted by molar-refractivity contribution is 0.101. The van der Waals surface area contributed by atoms with Crippen LogP contribution < -0.4 is 11.1 Å². The van der Waals surface area contributed by atoms with Crippen molar-refractivity contribution in [3.8, 4) is 6.07 Å². The third kappa shape index (κ3) is 2.51. The predicted octanol–water partition coefficient (Wildman–Crippen LogP) is 2.12. The first kappa shape index (κ1) is 11.7. The van der Waals surface area contributed by atoms with Crippen molar-refractivity contribution in [3.05, 3.63) is 23.8 Å². The first-order valence-electron chi connectivity index (χ1n) is 5.83. The van der Waals surface area contributed by atoms with Gasteiger partial charge >= 0.3 is 0 Å². The van der Waals surface area contributed by atoms with E-state index in [1.807, 2.05) is 6.07 Å². The van der Waals surface area contributed by atoms with E-state index < -0.39 is 0 Å². The number of nitrogens with zero attached hydrogens (tertiary/aromatic N) is 1. The summed E-state index contributed by atoms with van der Waals surface area (Å²) >= 11 is 0. The van der Waals surface area contributed by atoms with Crippen LogP contribution in [-0.4, -0.2) is 19.3 Å². The maximum absolute atomic E-state index is 9.06. The summed E-state index contributed by atoms with van der Waals surface area (Å²) in [6, 6.07) is 7.81. The van der Waals surface area contributed by atoms with Gasteiger partial charge in [-0.15, -0.1) is 0 Å². The number of hydrogen-bond donors (Lipinski definition) is 2. The van der Waals surface area contributed by atoms with Crippen molar-refractivity contribution in [2.75, 3.05) is 18.2 Å². The highest BCUT2D eigenvalue weighted by Gasteiger charge is 2.27. The summed E-state index contributed by atoms with van der Waals surface area (Å²) in [6.07, 6.45) is 3.55. The Hall–Kier alpha value is -1.73. The van der Waals surface area contributed by atoms with Gasteiger partial charge in [0.2, 0.25) is 0 Å². The van der Waals surface area contributed by atoms with Crippen LogP contribution in [0.3, 0.4) is 0 Å². The Bertz CT molecular complexity index is 439. The fourth-order valence-electron chi connectivity index (χ4n) is 2.35. The van der Waals surface area contributed by atoms with E-state index in [0.717, 1.165) is 24.9 Å². The predicted molar refractivity (Wildman–Crippen MR) is 67.6 cm³/mol. The van der Waals surface area contributed by atoms with Gasteiger partial charge in [-0.2, -0.15) is 5.26 Å². The molecule has 0 heterocycles. The smallest absolute Gasteiger partial charge is 0.101 e. The van der Waals surface area contributed by atoms with Gasteiger partial charge in [-0.25, -0.2) is 0 Å². The van der Waals surface area contributed by atoms with Crippen LogP contribution in [0.15, 0.2) is 18.2 Å². The summed E-state index contributed by atoms with van der Waals surface area (Å²) < 4.78 is 5.42. The summed E-state index contributed by atoms with van der Waals surface area (Å²) in [4.78, 5) is 0. The van der Waals surface area contributed by atoms with Crippen LogP contribution >= 0.6 is 0 Å². The number of methoxy groups -OCH3 is 1. The van der Waals surface area contributed by atoms with Crippen molar-refractivity contribution >= 4 is 11.4 Å². The van der Waals surface area contributed by atoms with Crippen molar-refractivity contribution in [2.24, 2.45) is 0 Å². The van der Waals surface area contributed by atoms with Crippen LogP contribution in [0.25, 0.3) is 0 Å². The third-order valence-corrected chi connectivity index (χ3v) is 3.26. The van der Waals surface area contributed by atoms with Crippen molar-refractivity contribution in [3.63, 3.8) is 0 Å². The number of nitrogens with one attached hydrogen (secondary N) is 1. The first-order valence-corrected chi connectivity index (χ1v) is 5.83. The molecule has 1 aromatic carbocycles. The number of hydrogen-bond acceptors (Lipinski definition) is 4. The summed E-state index contributed by atoms with van der Waals surface area (Å²) in [5.74, 6) is 0. The van der Waals surface area contributed by atoms with Crippen LogP contribution in [0.1, 0.15) is 24.8 Å². The molecule has 1 aliphatic carbocycles. The molecule has 3 N–H and O–H groups in total. The Morgan fingerprint density at radius 1 is 1.47 bits per heavy atom. The molecule has 2 rings (SSSR count). The zero-order valence-corrected chi connectivity index (χ0v) is 9.94. The van der Waals surface area contributed by atoms with E-state index in [1.165, 1.54) is 0 Å². The fourth-order valence-corrected chi connectivity index (χ4v) is 2.35. The van der Waals surface area contributed by atoms with E-state index >= 15 is 0 Å². The Morgan fingerprint density at radius 2 is 2.29 bits per heavy atom. The van der Waals surface area contributed by atoms with Crippen molar-refractivity contribution < 1.29 is 4.74 Å². The van der Waals surface area contributed by atoms with Gasteiger partial charge in [0.1, 0.15) is 6.07 Å². The molecular weight excluding hydrogens is 214 g/mol. The highest BCUT2D eigenvalue weighted by atomic mass is 16.5. The van der Waals surface area contributed by atoms with Gasteiger partial charge in [-0.3, -0.25) is 0 Å². The van der Waals surface area contributed by atoms with Gasteiger partial charge < -0.3 is 15.8 Å². The minimum atomic E-state index is 0.235. The summed E-state index contributed by atoms with van der Waals surface area (Å²) in [5.41, 5.74) is 7.71. The first-order chi connectivity index (χ1) is 8.24. The largest absolute Gasteiger partial charge is 0.399 e. The standard InChI is InChI=1S/C13H17N3O/c1-17-13-4-2-3-12(13)16-11-6-5-10(15)7-9(11)8-14/h5-7,12-13,16H,2-4,15H2,1H3. The normalized spacial score (nSPS) is 23.3. The van der Waals surface area contributed by atoms with Gasteiger partial charge in [-0.1, -0.05) is 0 Å². The van der Waals surface area contributed by atoms with Crippen LogP contribution in [-0.2, 0) is 4.74 Å². The van der Waals surface area contributed by atoms with Gasteiger partial charge in [0.25, 0.3) is 0 Å². The molecule has 0 amide bonds. The Labute approximate surface area is 101 Å². The molecule has 1 aliphatic rings. The molecule has 0 aromatic heterocycles. The second kappa shape index (κ2) is 5.07. The summed E-state index contributed by atoms with van der Waals surface area (Å²) in [6.45, 7) is 0.